The van der Waals surface area contributed by atoms with E-state index in [9.17, 15) is 9.59 Å². The Labute approximate surface area is 132 Å². The molecule has 0 heterocycles. The molecule has 0 aliphatic rings. The molecule has 0 spiro atoms. The van der Waals surface area contributed by atoms with Crippen molar-refractivity contribution in [3.05, 3.63) is 71.3 Å². The maximum Gasteiger partial charge on any atom is 0.166 e. The van der Waals surface area contributed by atoms with Gasteiger partial charge in [-0.2, -0.15) is 0 Å². The molecule has 0 saturated carbocycles. The molecule has 2 aromatic carbocycles. The average Bonchev–Trinajstić information content (AvgIpc) is 2.55. The van der Waals surface area contributed by atoms with Crippen molar-refractivity contribution in [1.29, 1.82) is 0 Å². The fraction of sp³-hybridized carbons (Fsp3) is 0.300. The van der Waals surface area contributed by atoms with E-state index < -0.39 is 0 Å². The van der Waals surface area contributed by atoms with Gasteiger partial charge >= 0.3 is 0 Å². The van der Waals surface area contributed by atoms with Gasteiger partial charge in [-0.3, -0.25) is 9.59 Å². The van der Waals surface area contributed by atoms with Crippen LogP contribution in [0, 0.1) is 5.92 Å². The Morgan fingerprint density at radius 2 is 1.55 bits per heavy atom. The van der Waals surface area contributed by atoms with E-state index in [4.69, 9.17) is 0 Å². The number of Topliss-reactive ketones (excluding diaryl/α,β-unsaturated/α-hetero) is 2. The quantitative estimate of drug-likeness (QED) is 0.715. The Balaban J connectivity index is 1.94. The molecular formula is C20H22O2. The van der Waals surface area contributed by atoms with E-state index >= 15 is 0 Å². The van der Waals surface area contributed by atoms with Crippen molar-refractivity contribution in [2.75, 3.05) is 0 Å². The van der Waals surface area contributed by atoms with Crippen LogP contribution in [-0.2, 0) is 17.6 Å². The minimum Gasteiger partial charge on any atom is -0.299 e. The molecule has 0 unspecified atom stereocenters. The van der Waals surface area contributed by atoms with Gasteiger partial charge < -0.3 is 0 Å². The Morgan fingerprint density at radius 1 is 0.909 bits per heavy atom. The van der Waals surface area contributed by atoms with Crippen LogP contribution in [0.15, 0.2) is 54.6 Å². The van der Waals surface area contributed by atoms with Gasteiger partial charge in [-0.15, -0.1) is 0 Å². The van der Waals surface area contributed by atoms with Crippen LogP contribution < -0.4 is 0 Å². The van der Waals surface area contributed by atoms with Crippen molar-refractivity contribution in [2.45, 2.75) is 33.1 Å². The van der Waals surface area contributed by atoms with Crippen LogP contribution in [0.2, 0.25) is 0 Å². The molecule has 2 heteroatoms. The average molecular weight is 294 g/mol. The number of aryl methyl sites for hydroxylation is 1. The van der Waals surface area contributed by atoms with Gasteiger partial charge in [0.05, 0.1) is 0 Å². The van der Waals surface area contributed by atoms with Gasteiger partial charge in [-0.25, -0.2) is 0 Å². The number of hydrogen-bond donors (Lipinski definition) is 0. The Bertz CT molecular complexity index is 627. The summed E-state index contributed by atoms with van der Waals surface area (Å²) in [4.78, 5) is 24.5. The first-order valence-corrected chi connectivity index (χ1v) is 7.79. The second-order valence-corrected chi connectivity index (χ2v) is 5.72. The molecule has 0 aliphatic heterocycles. The first-order valence-electron chi connectivity index (χ1n) is 7.79. The highest BCUT2D eigenvalue weighted by Crippen LogP contribution is 2.15. The second-order valence-electron chi connectivity index (χ2n) is 5.72. The van der Waals surface area contributed by atoms with Gasteiger partial charge in [0.25, 0.3) is 0 Å². The number of ketones is 2. The van der Waals surface area contributed by atoms with Gasteiger partial charge in [0, 0.05) is 24.3 Å². The zero-order valence-corrected chi connectivity index (χ0v) is 13.2. The predicted octanol–water partition coefficient (Wildman–Crippen LogP) is 4.27. The van der Waals surface area contributed by atoms with E-state index in [1.165, 1.54) is 5.56 Å². The molecule has 0 fully saturated rings. The topological polar surface area (TPSA) is 34.1 Å². The van der Waals surface area contributed by atoms with Crippen LogP contribution in [-0.4, -0.2) is 11.6 Å². The van der Waals surface area contributed by atoms with Crippen molar-refractivity contribution in [1.82, 2.24) is 0 Å². The Kier molecular flexibility index (Phi) is 5.65. The molecule has 0 radical (unpaired) electrons. The maximum atomic E-state index is 12.4. The van der Waals surface area contributed by atoms with Gasteiger partial charge in [0.1, 0.15) is 5.78 Å². The zero-order valence-electron chi connectivity index (χ0n) is 13.2. The summed E-state index contributed by atoms with van der Waals surface area (Å²) in [7, 11) is 0. The molecule has 2 aromatic rings. The van der Waals surface area contributed by atoms with Crippen molar-refractivity contribution in [2.24, 2.45) is 5.92 Å². The highest BCUT2D eigenvalue weighted by Gasteiger charge is 2.18. The fourth-order valence-corrected chi connectivity index (χ4v) is 2.52. The van der Waals surface area contributed by atoms with Crippen molar-refractivity contribution >= 4 is 11.6 Å². The minimum atomic E-state index is -0.274. The summed E-state index contributed by atoms with van der Waals surface area (Å²) in [5, 5.41) is 0. The number of benzene rings is 2. The van der Waals surface area contributed by atoms with Crippen LogP contribution in [0.25, 0.3) is 0 Å². The maximum absolute atomic E-state index is 12.4. The third-order valence-corrected chi connectivity index (χ3v) is 3.87. The van der Waals surface area contributed by atoms with E-state index in [1.807, 2.05) is 61.5 Å². The standard InChI is InChI=1S/C20H22O2/c1-3-16-9-11-18(12-10-16)20(22)15(2)13-19(21)14-17-7-5-4-6-8-17/h4-12,15H,3,13-14H2,1-2H3/t15-/m0/s1. The molecule has 0 aliphatic carbocycles. The smallest absolute Gasteiger partial charge is 0.166 e. The first-order chi connectivity index (χ1) is 10.6. The van der Waals surface area contributed by atoms with E-state index in [-0.39, 0.29) is 17.5 Å². The van der Waals surface area contributed by atoms with Crippen molar-refractivity contribution in [3.63, 3.8) is 0 Å². The highest BCUT2D eigenvalue weighted by atomic mass is 16.1. The number of carbonyl (C=O) groups is 2. The molecule has 2 nitrogen and oxygen atoms in total. The van der Waals surface area contributed by atoms with Crippen LogP contribution in [0.1, 0.15) is 41.8 Å². The molecule has 1 atom stereocenters. The number of carbonyl (C=O) groups excluding carboxylic acids is 2. The Hall–Kier alpha value is -2.22. The number of rotatable bonds is 7. The normalized spacial score (nSPS) is 11.9. The molecular weight excluding hydrogens is 272 g/mol. The largest absolute Gasteiger partial charge is 0.299 e. The van der Waals surface area contributed by atoms with Gasteiger partial charge in [0.2, 0.25) is 0 Å². The van der Waals surface area contributed by atoms with Crippen molar-refractivity contribution < 1.29 is 9.59 Å². The predicted molar refractivity (Wildman–Crippen MR) is 89.1 cm³/mol. The van der Waals surface area contributed by atoms with Crippen LogP contribution in [0.4, 0.5) is 0 Å². The SMILES string of the molecule is CCc1ccc(C(=O)[C@@H](C)CC(=O)Cc2ccccc2)cc1. The lowest BCUT2D eigenvalue weighted by Crippen LogP contribution is -2.17. The molecule has 0 amide bonds. The lowest BCUT2D eigenvalue weighted by atomic mass is 9.92. The first kappa shape index (κ1) is 16.2. The third kappa shape index (κ3) is 4.39. The summed E-state index contributed by atoms with van der Waals surface area (Å²) in [5.41, 5.74) is 2.90. The summed E-state index contributed by atoms with van der Waals surface area (Å²) >= 11 is 0. The van der Waals surface area contributed by atoms with Crippen molar-refractivity contribution in [3.8, 4) is 0 Å². The molecule has 0 saturated heterocycles. The Morgan fingerprint density at radius 3 is 2.14 bits per heavy atom. The highest BCUT2D eigenvalue weighted by molar-refractivity contribution is 6.00. The minimum absolute atomic E-state index is 0.0454. The molecule has 0 bridgehead atoms. The van der Waals surface area contributed by atoms with Crippen LogP contribution >= 0.6 is 0 Å². The summed E-state index contributed by atoms with van der Waals surface area (Å²) in [6.07, 6.45) is 1.65. The van der Waals surface area contributed by atoms with Gasteiger partial charge in [-0.1, -0.05) is 68.4 Å². The summed E-state index contributed by atoms with van der Waals surface area (Å²) < 4.78 is 0. The number of hydrogen-bond acceptors (Lipinski definition) is 2. The lowest BCUT2D eigenvalue weighted by molar-refractivity contribution is -0.119. The van der Waals surface area contributed by atoms with E-state index in [0.29, 0.717) is 18.4 Å². The zero-order chi connectivity index (χ0) is 15.9. The van der Waals surface area contributed by atoms with Crippen LogP contribution in [0.3, 0.4) is 0 Å². The van der Waals surface area contributed by atoms with E-state index in [1.54, 1.807) is 0 Å². The molecule has 22 heavy (non-hydrogen) atoms. The molecule has 2 rings (SSSR count). The van der Waals surface area contributed by atoms with Crippen LogP contribution in [0.5, 0.6) is 0 Å². The van der Waals surface area contributed by atoms with Gasteiger partial charge in [-0.05, 0) is 17.5 Å². The summed E-state index contributed by atoms with van der Waals surface area (Å²) in [6, 6.07) is 17.3. The van der Waals surface area contributed by atoms with Gasteiger partial charge in [0.15, 0.2) is 5.78 Å². The second kappa shape index (κ2) is 7.69. The summed E-state index contributed by atoms with van der Waals surface area (Å²) in [6.45, 7) is 3.92. The molecule has 0 N–H and O–H groups in total. The monoisotopic (exact) mass is 294 g/mol. The fourth-order valence-electron chi connectivity index (χ4n) is 2.52. The third-order valence-electron chi connectivity index (χ3n) is 3.87. The molecule has 0 aromatic heterocycles. The van der Waals surface area contributed by atoms with E-state index in [0.717, 1.165) is 12.0 Å². The lowest BCUT2D eigenvalue weighted by Gasteiger charge is -2.10. The molecule has 114 valence electrons. The van der Waals surface area contributed by atoms with E-state index in [2.05, 4.69) is 6.92 Å². The summed E-state index contributed by atoms with van der Waals surface area (Å²) in [5.74, 6) is -0.120.